The molecule has 0 fully saturated rings. The Balaban J connectivity index is 1.04. The third-order valence-electron chi connectivity index (χ3n) is 12.0. The highest BCUT2D eigenvalue weighted by molar-refractivity contribution is 6.23. The van der Waals surface area contributed by atoms with Crippen LogP contribution in [0.4, 0.5) is 0 Å². The Morgan fingerprint density at radius 3 is 1.59 bits per heavy atom. The lowest BCUT2D eigenvalue weighted by Crippen LogP contribution is -1.98. The first-order valence-electron chi connectivity index (χ1n) is 20.2. The van der Waals surface area contributed by atoms with E-state index in [1.54, 1.807) is 0 Å². The van der Waals surface area contributed by atoms with Crippen LogP contribution in [-0.2, 0) is 0 Å². The van der Waals surface area contributed by atoms with E-state index in [9.17, 15) is 0 Å². The topological polar surface area (TPSA) is 30.7 Å². The van der Waals surface area contributed by atoms with E-state index in [1.807, 2.05) is 18.2 Å². The largest absolute Gasteiger partial charge is 0.309 e. The Kier molecular flexibility index (Phi) is 7.54. The minimum atomic E-state index is 0.699. The number of benzene rings is 10. The van der Waals surface area contributed by atoms with E-state index >= 15 is 0 Å². The zero-order valence-corrected chi connectivity index (χ0v) is 32.0. The number of nitrogens with zero attached hydrogens (tertiary/aromatic N) is 3. The Morgan fingerprint density at radius 1 is 0.305 bits per heavy atom. The van der Waals surface area contributed by atoms with Crippen LogP contribution in [0, 0.1) is 0 Å². The smallest absolute Gasteiger partial charge is 0.160 e. The molecule has 0 aliphatic heterocycles. The number of fused-ring (bicyclic) bond motifs is 8. The van der Waals surface area contributed by atoms with Gasteiger partial charge in [0, 0.05) is 33.2 Å². The molecule has 2 heterocycles. The summed E-state index contributed by atoms with van der Waals surface area (Å²) in [5.74, 6) is 0.699. The summed E-state index contributed by atoms with van der Waals surface area (Å²) < 4.78 is 2.35. The molecular weight excluding hydrogens is 715 g/mol. The quantitative estimate of drug-likeness (QED) is 0.130. The summed E-state index contributed by atoms with van der Waals surface area (Å²) in [7, 11) is 0. The third kappa shape index (κ3) is 5.36. The molecule has 0 saturated heterocycles. The zero-order valence-electron chi connectivity index (χ0n) is 32.0. The molecule has 2 aromatic heterocycles. The molecule has 12 rings (SSSR count). The van der Waals surface area contributed by atoms with Crippen LogP contribution in [0.25, 0.3) is 116 Å². The van der Waals surface area contributed by atoms with Gasteiger partial charge in [-0.3, -0.25) is 0 Å². The third-order valence-corrected chi connectivity index (χ3v) is 12.0. The van der Waals surface area contributed by atoms with Crippen LogP contribution >= 0.6 is 0 Å². The van der Waals surface area contributed by atoms with Crippen LogP contribution in [0.1, 0.15) is 0 Å². The first kappa shape index (κ1) is 33.3. The average Bonchev–Trinajstić information content (AvgIpc) is 3.65. The highest BCUT2D eigenvalue weighted by atomic mass is 15.0. The molecule has 10 aromatic carbocycles. The number of hydrogen-bond acceptors (Lipinski definition) is 2. The molecule has 3 heteroatoms. The predicted octanol–water partition coefficient (Wildman–Crippen LogP) is 14.9. The molecule has 59 heavy (non-hydrogen) atoms. The van der Waals surface area contributed by atoms with Crippen LogP contribution < -0.4 is 0 Å². The predicted molar refractivity (Wildman–Crippen MR) is 248 cm³/mol. The fraction of sp³-hybridized carbons (Fsp3) is 0. The zero-order chi connectivity index (χ0) is 38.9. The first-order valence-corrected chi connectivity index (χ1v) is 20.2. The van der Waals surface area contributed by atoms with Gasteiger partial charge < -0.3 is 4.57 Å². The molecule has 3 nitrogen and oxygen atoms in total. The Labute approximate surface area is 341 Å². The van der Waals surface area contributed by atoms with E-state index in [-0.39, 0.29) is 0 Å². The number of aromatic nitrogens is 3. The van der Waals surface area contributed by atoms with E-state index in [0.717, 1.165) is 39.2 Å². The SMILES string of the molecule is c1ccc(-c2nc(-c3ccc(-n4c5ccccc5c5ccccc54)cc3)cc(-c3ccc(-c4c5ccccc5cc5c4ccc4ccccc45)c4ccccc34)n2)cc1. The number of para-hydroxylation sites is 2. The lowest BCUT2D eigenvalue weighted by atomic mass is 9.86. The second-order valence-electron chi connectivity index (χ2n) is 15.3. The van der Waals surface area contributed by atoms with Crippen molar-refractivity contribution in [3.05, 3.63) is 212 Å². The van der Waals surface area contributed by atoms with E-state index in [4.69, 9.17) is 9.97 Å². The molecule has 0 unspecified atom stereocenters. The highest BCUT2D eigenvalue weighted by Crippen LogP contribution is 2.44. The Hall–Kier alpha value is -7.88. The summed E-state index contributed by atoms with van der Waals surface area (Å²) in [6.45, 7) is 0. The van der Waals surface area contributed by atoms with Gasteiger partial charge in [-0.15, -0.1) is 0 Å². The van der Waals surface area contributed by atoms with Crippen molar-refractivity contribution in [2.75, 3.05) is 0 Å². The van der Waals surface area contributed by atoms with Crippen molar-refractivity contribution in [1.82, 2.24) is 14.5 Å². The molecule has 12 aromatic rings. The van der Waals surface area contributed by atoms with Gasteiger partial charge in [-0.1, -0.05) is 176 Å². The maximum Gasteiger partial charge on any atom is 0.160 e. The molecule has 0 spiro atoms. The van der Waals surface area contributed by atoms with Crippen molar-refractivity contribution in [3.63, 3.8) is 0 Å². The van der Waals surface area contributed by atoms with Crippen LogP contribution in [0.5, 0.6) is 0 Å². The fourth-order valence-corrected chi connectivity index (χ4v) is 9.28. The highest BCUT2D eigenvalue weighted by Gasteiger charge is 2.19. The Bertz CT molecular complexity index is 3550. The van der Waals surface area contributed by atoms with Crippen LogP contribution in [0.3, 0.4) is 0 Å². The van der Waals surface area contributed by atoms with Gasteiger partial charge in [0.05, 0.1) is 22.4 Å². The van der Waals surface area contributed by atoms with Gasteiger partial charge in [-0.05, 0) is 90.6 Å². The van der Waals surface area contributed by atoms with Crippen LogP contribution in [0.2, 0.25) is 0 Å². The minimum Gasteiger partial charge on any atom is -0.309 e. The number of rotatable bonds is 5. The van der Waals surface area contributed by atoms with Gasteiger partial charge in [0.15, 0.2) is 5.82 Å². The molecule has 0 radical (unpaired) electrons. The second-order valence-corrected chi connectivity index (χ2v) is 15.3. The minimum absolute atomic E-state index is 0.699. The first-order chi connectivity index (χ1) is 29.3. The van der Waals surface area contributed by atoms with Crippen molar-refractivity contribution in [2.24, 2.45) is 0 Å². The lowest BCUT2D eigenvalue weighted by molar-refractivity contribution is 1.17. The van der Waals surface area contributed by atoms with Crippen LogP contribution in [-0.4, -0.2) is 14.5 Å². The van der Waals surface area contributed by atoms with Crippen molar-refractivity contribution >= 4 is 64.9 Å². The summed E-state index contributed by atoms with van der Waals surface area (Å²) in [6.07, 6.45) is 0. The summed E-state index contributed by atoms with van der Waals surface area (Å²) in [6, 6.07) is 76.3. The average molecular weight is 750 g/mol. The maximum absolute atomic E-state index is 5.30. The normalized spacial score (nSPS) is 11.7. The number of hydrogen-bond donors (Lipinski definition) is 0. The molecule has 0 saturated carbocycles. The molecule has 0 bridgehead atoms. The summed E-state index contributed by atoms with van der Waals surface area (Å²) in [5, 5.41) is 12.3. The van der Waals surface area contributed by atoms with Gasteiger partial charge in [0.2, 0.25) is 0 Å². The molecular formula is C56H35N3. The van der Waals surface area contributed by atoms with Gasteiger partial charge >= 0.3 is 0 Å². The molecule has 0 atom stereocenters. The van der Waals surface area contributed by atoms with Crippen molar-refractivity contribution in [1.29, 1.82) is 0 Å². The van der Waals surface area contributed by atoms with Gasteiger partial charge in [-0.25, -0.2) is 9.97 Å². The van der Waals surface area contributed by atoms with Crippen molar-refractivity contribution < 1.29 is 0 Å². The molecule has 0 N–H and O–H groups in total. The van der Waals surface area contributed by atoms with Gasteiger partial charge in [0.25, 0.3) is 0 Å². The van der Waals surface area contributed by atoms with Crippen LogP contribution in [0.15, 0.2) is 212 Å². The molecule has 0 aliphatic rings. The van der Waals surface area contributed by atoms with Gasteiger partial charge in [-0.2, -0.15) is 0 Å². The van der Waals surface area contributed by atoms with E-state index in [2.05, 4.69) is 199 Å². The second kappa shape index (κ2) is 13.4. The molecule has 274 valence electrons. The van der Waals surface area contributed by atoms with E-state index in [0.29, 0.717) is 5.82 Å². The standard InChI is InChI=1S/C56H35N3/c1-2-15-38(16-3-1)56-57-51(37-26-29-40(30-27-37)59-53-24-12-10-22-46(53)47-23-11-13-25-54(47)59)35-52(58-56)45-32-33-48(44-21-9-8-20-43(44)45)55-42-19-7-5-17-39(42)34-50-41-18-6-4-14-36(41)28-31-49(50)55/h1-35H. The maximum atomic E-state index is 5.30. The fourth-order valence-electron chi connectivity index (χ4n) is 9.28. The Morgan fingerprint density at radius 2 is 0.864 bits per heavy atom. The van der Waals surface area contributed by atoms with Gasteiger partial charge in [0.1, 0.15) is 0 Å². The van der Waals surface area contributed by atoms with E-state index in [1.165, 1.54) is 70.6 Å². The summed E-state index contributed by atoms with van der Waals surface area (Å²) in [5.41, 5.74) is 10.8. The summed E-state index contributed by atoms with van der Waals surface area (Å²) in [4.78, 5) is 10.5. The lowest BCUT2D eigenvalue weighted by Gasteiger charge is -2.17. The summed E-state index contributed by atoms with van der Waals surface area (Å²) >= 11 is 0. The molecule has 0 amide bonds. The monoisotopic (exact) mass is 749 g/mol. The van der Waals surface area contributed by atoms with Crippen molar-refractivity contribution in [3.8, 4) is 50.7 Å². The van der Waals surface area contributed by atoms with Crippen molar-refractivity contribution in [2.45, 2.75) is 0 Å². The van der Waals surface area contributed by atoms with E-state index < -0.39 is 0 Å². The molecule has 0 aliphatic carbocycles.